The van der Waals surface area contributed by atoms with Crippen LogP contribution in [0.5, 0.6) is 0 Å². The molecule has 2 heteroatoms. The lowest BCUT2D eigenvalue weighted by molar-refractivity contribution is 0.610. The van der Waals surface area contributed by atoms with Crippen LogP contribution in [0.15, 0.2) is 10.8 Å². The summed E-state index contributed by atoms with van der Waals surface area (Å²) < 4.78 is 0. The summed E-state index contributed by atoms with van der Waals surface area (Å²) in [5.41, 5.74) is 2.75. The standard InChI is InChI=1S/C11H15NS/c1-4-5-6-11(12-3)10-8-13-7-9(10)2/h7-8,11-12H,6H2,1-3H3. The fourth-order valence-corrected chi connectivity index (χ4v) is 2.20. The molecule has 13 heavy (non-hydrogen) atoms. The second-order valence-electron chi connectivity index (χ2n) is 2.98. The first-order chi connectivity index (χ1) is 6.29. The van der Waals surface area contributed by atoms with E-state index in [1.165, 1.54) is 11.1 Å². The second-order valence-corrected chi connectivity index (χ2v) is 3.73. The zero-order valence-electron chi connectivity index (χ0n) is 8.35. The Morgan fingerprint density at radius 1 is 1.54 bits per heavy atom. The second kappa shape index (κ2) is 5.06. The number of rotatable bonds is 3. The van der Waals surface area contributed by atoms with Crippen LogP contribution in [0, 0.1) is 18.8 Å². The highest BCUT2D eigenvalue weighted by Crippen LogP contribution is 2.23. The molecule has 0 fully saturated rings. The molecule has 1 heterocycles. The number of nitrogens with one attached hydrogen (secondary N) is 1. The first kappa shape index (κ1) is 10.3. The van der Waals surface area contributed by atoms with Crippen LogP contribution in [0.4, 0.5) is 0 Å². The molecule has 70 valence electrons. The minimum Gasteiger partial charge on any atom is -0.312 e. The zero-order valence-corrected chi connectivity index (χ0v) is 9.16. The van der Waals surface area contributed by atoms with Crippen molar-refractivity contribution in [3.8, 4) is 11.8 Å². The van der Waals surface area contributed by atoms with Gasteiger partial charge in [-0.25, -0.2) is 0 Å². The Labute approximate surface area is 84.2 Å². The molecule has 0 aliphatic rings. The van der Waals surface area contributed by atoms with Gasteiger partial charge >= 0.3 is 0 Å². The summed E-state index contributed by atoms with van der Waals surface area (Å²) in [6, 6.07) is 0.388. The molecule has 0 radical (unpaired) electrons. The van der Waals surface area contributed by atoms with Gasteiger partial charge in [0, 0.05) is 12.5 Å². The van der Waals surface area contributed by atoms with Crippen molar-refractivity contribution in [2.24, 2.45) is 0 Å². The third kappa shape index (κ3) is 2.58. The average molecular weight is 193 g/mol. The Balaban J connectivity index is 2.76. The van der Waals surface area contributed by atoms with Crippen LogP contribution in [0.3, 0.4) is 0 Å². The van der Waals surface area contributed by atoms with Crippen molar-refractivity contribution in [1.82, 2.24) is 5.32 Å². The molecule has 1 rings (SSSR count). The highest BCUT2D eigenvalue weighted by atomic mass is 32.1. The van der Waals surface area contributed by atoms with Crippen LogP contribution in [0.1, 0.15) is 30.5 Å². The monoisotopic (exact) mass is 193 g/mol. The fraction of sp³-hybridized carbons (Fsp3) is 0.455. The van der Waals surface area contributed by atoms with E-state index in [-0.39, 0.29) is 0 Å². The van der Waals surface area contributed by atoms with E-state index < -0.39 is 0 Å². The Bertz CT molecular complexity index is 316. The van der Waals surface area contributed by atoms with E-state index in [0.29, 0.717) is 6.04 Å². The van der Waals surface area contributed by atoms with E-state index in [4.69, 9.17) is 0 Å². The van der Waals surface area contributed by atoms with Crippen LogP contribution < -0.4 is 5.32 Å². The van der Waals surface area contributed by atoms with Crippen LogP contribution in [0.2, 0.25) is 0 Å². The lowest BCUT2D eigenvalue weighted by Gasteiger charge is -2.12. The number of aryl methyl sites for hydroxylation is 1. The fourth-order valence-electron chi connectivity index (χ4n) is 1.30. The summed E-state index contributed by atoms with van der Waals surface area (Å²) in [5.74, 6) is 6.03. The summed E-state index contributed by atoms with van der Waals surface area (Å²) in [5, 5.41) is 7.67. The van der Waals surface area contributed by atoms with Gasteiger partial charge < -0.3 is 5.32 Å². The van der Waals surface area contributed by atoms with Crippen molar-refractivity contribution in [2.45, 2.75) is 26.3 Å². The summed E-state index contributed by atoms with van der Waals surface area (Å²) in [7, 11) is 1.99. The van der Waals surface area contributed by atoms with E-state index >= 15 is 0 Å². The third-order valence-electron chi connectivity index (χ3n) is 2.10. The van der Waals surface area contributed by atoms with Crippen molar-refractivity contribution in [2.75, 3.05) is 7.05 Å². The van der Waals surface area contributed by atoms with Crippen molar-refractivity contribution in [3.05, 3.63) is 21.9 Å². The Morgan fingerprint density at radius 2 is 2.31 bits per heavy atom. The molecule has 0 saturated carbocycles. The van der Waals surface area contributed by atoms with Crippen molar-refractivity contribution < 1.29 is 0 Å². The third-order valence-corrected chi connectivity index (χ3v) is 2.98. The normalized spacial score (nSPS) is 11.9. The van der Waals surface area contributed by atoms with Gasteiger partial charge in [-0.05, 0) is 42.8 Å². The molecule has 1 atom stereocenters. The number of thiophene rings is 1. The molecule has 0 aliphatic carbocycles. The number of hydrogen-bond acceptors (Lipinski definition) is 2. The van der Waals surface area contributed by atoms with Gasteiger partial charge in [0.25, 0.3) is 0 Å². The van der Waals surface area contributed by atoms with E-state index in [1.807, 2.05) is 14.0 Å². The van der Waals surface area contributed by atoms with Gasteiger partial charge in [-0.3, -0.25) is 0 Å². The molecule has 1 nitrogen and oxygen atoms in total. The Hall–Kier alpha value is -0.780. The largest absolute Gasteiger partial charge is 0.312 e. The Morgan fingerprint density at radius 3 is 2.77 bits per heavy atom. The molecular weight excluding hydrogens is 178 g/mol. The summed E-state index contributed by atoms with van der Waals surface area (Å²) in [6.07, 6.45) is 0.893. The zero-order chi connectivity index (χ0) is 9.68. The molecule has 0 aromatic carbocycles. The molecule has 1 unspecified atom stereocenters. The topological polar surface area (TPSA) is 12.0 Å². The molecular formula is C11H15NS. The van der Waals surface area contributed by atoms with Crippen molar-refractivity contribution in [3.63, 3.8) is 0 Å². The molecule has 1 aromatic heterocycles. The molecule has 1 N–H and O–H groups in total. The maximum atomic E-state index is 3.28. The van der Waals surface area contributed by atoms with Crippen molar-refractivity contribution in [1.29, 1.82) is 0 Å². The summed E-state index contributed by atoms with van der Waals surface area (Å²) >= 11 is 1.76. The molecule has 0 amide bonds. The number of hydrogen-bond donors (Lipinski definition) is 1. The minimum atomic E-state index is 0.388. The van der Waals surface area contributed by atoms with Crippen LogP contribution >= 0.6 is 11.3 Å². The van der Waals surface area contributed by atoms with Gasteiger partial charge in [0.2, 0.25) is 0 Å². The van der Waals surface area contributed by atoms with Crippen molar-refractivity contribution >= 4 is 11.3 Å². The van der Waals surface area contributed by atoms with Crippen LogP contribution in [-0.4, -0.2) is 7.05 Å². The minimum absolute atomic E-state index is 0.388. The van der Waals surface area contributed by atoms with Gasteiger partial charge in [0.15, 0.2) is 0 Å². The van der Waals surface area contributed by atoms with Crippen LogP contribution in [-0.2, 0) is 0 Å². The molecule has 0 bridgehead atoms. The van der Waals surface area contributed by atoms with Gasteiger partial charge in [-0.1, -0.05) is 0 Å². The van der Waals surface area contributed by atoms with E-state index in [0.717, 1.165) is 6.42 Å². The SMILES string of the molecule is CC#CCC(NC)c1cscc1C. The highest BCUT2D eigenvalue weighted by Gasteiger charge is 2.10. The average Bonchev–Trinajstić information content (AvgIpc) is 2.54. The maximum Gasteiger partial charge on any atom is 0.0439 e. The Kier molecular flexibility index (Phi) is 4.01. The first-order valence-electron chi connectivity index (χ1n) is 4.39. The molecule has 0 aliphatic heterocycles. The predicted molar refractivity (Wildman–Crippen MR) is 58.9 cm³/mol. The lowest BCUT2D eigenvalue weighted by atomic mass is 10.0. The lowest BCUT2D eigenvalue weighted by Crippen LogP contribution is -2.15. The highest BCUT2D eigenvalue weighted by molar-refractivity contribution is 7.08. The molecule has 1 aromatic rings. The van der Waals surface area contributed by atoms with Crippen LogP contribution in [0.25, 0.3) is 0 Å². The van der Waals surface area contributed by atoms with E-state index in [9.17, 15) is 0 Å². The van der Waals surface area contributed by atoms with Gasteiger partial charge in [0.1, 0.15) is 0 Å². The predicted octanol–water partition coefficient (Wildman–Crippen LogP) is 2.73. The quantitative estimate of drug-likeness (QED) is 0.728. The van der Waals surface area contributed by atoms with Gasteiger partial charge in [0.05, 0.1) is 0 Å². The van der Waals surface area contributed by atoms with Gasteiger partial charge in [-0.2, -0.15) is 11.3 Å². The van der Waals surface area contributed by atoms with E-state index in [1.54, 1.807) is 11.3 Å². The molecule has 0 spiro atoms. The maximum absolute atomic E-state index is 3.28. The van der Waals surface area contributed by atoms with E-state index in [2.05, 4.69) is 34.8 Å². The first-order valence-corrected chi connectivity index (χ1v) is 5.33. The smallest absolute Gasteiger partial charge is 0.0439 e. The summed E-state index contributed by atoms with van der Waals surface area (Å²) in [6.45, 7) is 4.03. The van der Waals surface area contributed by atoms with Gasteiger partial charge in [-0.15, -0.1) is 11.8 Å². The molecule has 0 saturated heterocycles. The summed E-state index contributed by atoms with van der Waals surface area (Å²) in [4.78, 5) is 0.